The number of hydrogen-bond acceptors (Lipinski definition) is 3. The first-order valence-electron chi connectivity index (χ1n) is 4.56. The molecule has 5 heteroatoms. The molecule has 86 valence electrons. The summed E-state index contributed by atoms with van der Waals surface area (Å²) in [7, 11) is 3.58. The van der Waals surface area contributed by atoms with E-state index in [-0.39, 0.29) is 5.48 Å². The van der Waals surface area contributed by atoms with Crippen molar-refractivity contribution in [3.63, 3.8) is 0 Å². The molecule has 0 aromatic heterocycles. The maximum atomic E-state index is 11.0. The molecule has 0 spiro atoms. The highest BCUT2D eigenvalue weighted by Crippen LogP contribution is 2.19. The van der Waals surface area contributed by atoms with E-state index in [1.54, 1.807) is 25.9 Å². The molecule has 0 aliphatic rings. The lowest BCUT2D eigenvalue weighted by molar-refractivity contribution is -0.149. The molecule has 5 N–H and O–H groups in total. The number of rotatable bonds is 6. The molecule has 0 radical (unpaired) electrons. The van der Waals surface area contributed by atoms with Crippen LogP contribution in [0.1, 0.15) is 26.2 Å². The average molecular weight is 206 g/mol. The Bertz CT molecular complexity index is 173. The van der Waals surface area contributed by atoms with Gasteiger partial charge in [0.05, 0.1) is 0 Å². The van der Waals surface area contributed by atoms with Crippen molar-refractivity contribution in [3.8, 4) is 0 Å². The zero-order valence-corrected chi connectivity index (χ0v) is 9.21. The molecule has 0 aromatic rings. The van der Waals surface area contributed by atoms with Crippen LogP contribution in [0.3, 0.4) is 0 Å². The largest absolute Gasteiger partial charge is 0.480 e. The Kier molecular flexibility index (Phi) is 7.62. The minimum Gasteiger partial charge on any atom is -0.480 e. The molecule has 0 heterocycles. The minimum atomic E-state index is -0.769. The Hall–Kier alpha value is -0.650. The van der Waals surface area contributed by atoms with Crippen LogP contribution < -0.4 is 5.73 Å². The summed E-state index contributed by atoms with van der Waals surface area (Å²) < 4.78 is 0. The molecular formula is C9H22N2O3. The predicted octanol–water partition coefficient (Wildman–Crippen LogP) is -0.304. The summed E-state index contributed by atoms with van der Waals surface area (Å²) >= 11 is 0. The molecule has 0 amide bonds. The highest BCUT2D eigenvalue weighted by atomic mass is 16.4. The highest BCUT2D eigenvalue weighted by molar-refractivity contribution is 5.78. The van der Waals surface area contributed by atoms with Crippen LogP contribution in [0, 0.1) is 0 Å². The summed E-state index contributed by atoms with van der Waals surface area (Å²) in [5, 5.41) is 9.03. The number of nitrogens with two attached hydrogens (primary N) is 1. The third-order valence-corrected chi connectivity index (χ3v) is 2.57. The van der Waals surface area contributed by atoms with Crippen molar-refractivity contribution in [1.82, 2.24) is 4.90 Å². The molecule has 0 saturated carbocycles. The van der Waals surface area contributed by atoms with E-state index in [2.05, 4.69) is 0 Å². The second-order valence-corrected chi connectivity index (χ2v) is 3.72. The Balaban J connectivity index is 0. The van der Waals surface area contributed by atoms with Gasteiger partial charge in [0.1, 0.15) is 5.54 Å². The topological polar surface area (TPSA) is 98.1 Å². The maximum absolute atomic E-state index is 11.0. The number of hydrogen-bond donors (Lipinski definition) is 2. The summed E-state index contributed by atoms with van der Waals surface area (Å²) in [5.41, 5.74) is 4.59. The van der Waals surface area contributed by atoms with Gasteiger partial charge in [0.2, 0.25) is 0 Å². The van der Waals surface area contributed by atoms with E-state index in [1.807, 2.05) is 0 Å². The fourth-order valence-corrected chi connectivity index (χ4v) is 1.14. The SMILES string of the molecule is CN(C)C(C)(CCCCN)C(=O)O.O. The maximum Gasteiger partial charge on any atom is 0.323 e. The van der Waals surface area contributed by atoms with Crippen molar-refractivity contribution in [2.45, 2.75) is 31.7 Å². The molecule has 1 atom stereocenters. The number of carbonyl (C=O) groups is 1. The van der Waals surface area contributed by atoms with Crippen LogP contribution in [0.4, 0.5) is 0 Å². The van der Waals surface area contributed by atoms with E-state index >= 15 is 0 Å². The number of unbranched alkanes of at least 4 members (excludes halogenated alkanes) is 1. The van der Waals surface area contributed by atoms with Crippen molar-refractivity contribution in [1.29, 1.82) is 0 Å². The summed E-state index contributed by atoms with van der Waals surface area (Å²) in [6.45, 7) is 2.37. The lowest BCUT2D eigenvalue weighted by Crippen LogP contribution is -2.48. The molecule has 0 saturated heterocycles. The number of aliphatic carboxylic acids is 1. The summed E-state index contributed by atoms with van der Waals surface area (Å²) in [6, 6.07) is 0. The van der Waals surface area contributed by atoms with Crippen molar-refractivity contribution in [2.75, 3.05) is 20.6 Å². The third-order valence-electron chi connectivity index (χ3n) is 2.57. The van der Waals surface area contributed by atoms with E-state index < -0.39 is 11.5 Å². The van der Waals surface area contributed by atoms with Gasteiger partial charge in [-0.15, -0.1) is 0 Å². The normalized spacial score (nSPS) is 14.6. The molecule has 0 aliphatic carbocycles. The zero-order valence-electron chi connectivity index (χ0n) is 9.21. The summed E-state index contributed by atoms with van der Waals surface area (Å²) in [5.74, 6) is -0.769. The Labute approximate surface area is 85.2 Å². The van der Waals surface area contributed by atoms with Crippen LogP contribution in [0.2, 0.25) is 0 Å². The van der Waals surface area contributed by atoms with Gasteiger partial charge in [0.15, 0.2) is 0 Å². The van der Waals surface area contributed by atoms with Gasteiger partial charge in [-0.1, -0.05) is 0 Å². The Morgan fingerprint density at radius 3 is 2.21 bits per heavy atom. The van der Waals surface area contributed by atoms with Gasteiger partial charge in [0, 0.05) is 0 Å². The predicted molar refractivity (Wildman–Crippen MR) is 56.2 cm³/mol. The Morgan fingerprint density at radius 2 is 1.93 bits per heavy atom. The number of carboxylic acid groups (broad SMARTS) is 1. The van der Waals surface area contributed by atoms with E-state index in [0.29, 0.717) is 13.0 Å². The molecule has 0 rings (SSSR count). The minimum absolute atomic E-state index is 0. The van der Waals surface area contributed by atoms with E-state index in [0.717, 1.165) is 12.8 Å². The van der Waals surface area contributed by atoms with Gasteiger partial charge in [-0.05, 0) is 46.8 Å². The van der Waals surface area contributed by atoms with Gasteiger partial charge in [-0.25, -0.2) is 0 Å². The molecule has 0 aromatic carbocycles. The van der Waals surface area contributed by atoms with Crippen molar-refractivity contribution in [3.05, 3.63) is 0 Å². The average Bonchev–Trinajstić information content (AvgIpc) is 2.03. The Morgan fingerprint density at radius 1 is 1.43 bits per heavy atom. The fourth-order valence-electron chi connectivity index (χ4n) is 1.14. The second-order valence-electron chi connectivity index (χ2n) is 3.72. The van der Waals surface area contributed by atoms with Crippen LogP contribution in [-0.2, 0) is 4.79 Å². The number of carboxylic acids is 1. The first kappa shape index (κ1) is 15.8. The van der Waals surface area contributed by atoms with E-state index in [9.17, 15) is 4.79 Å². The van der Waals surface area contributed by atoms with Crippen LogP contribution in [-0.4, -0.2) is 47.6 Å². The van der Waals surface area contributed by atoms with Crippen LogP contribution in [0.25, 0.3) is 0 Å². The number of likely N-dealkylation sites (N-methyl/N-ethyl adjacent to an activating group) is 1. The van der Waals surface area contributed by atoms with E-state index in [4.69, 9.17) is 10.8 Å². The van der Waals surface area contributed by atoms with Gasteiger partial charge < -0.3 is 16.3 Å². The lowest BCUT2D eigenvalue weighted by Gasteiger charge is -2.32. The molecular weight excluding hydrogens is 184 g/mol. The smallest absolute Gasteiger partial charge is 0.323 e. The third kappa shape index (κ3) is 4.04. The standard InChI is InChI=1S/C9H20N2O2.H2O/c1-9(8(12)13,11(2)3)6-4-5-7-10;/h4-7,10H2,1-3H3,(H,12,13);1H2. The zero-order chi connectivity index (χ0) is 10.5. The van der Waals surface area contributed by atoms with Crippen molar-refractivity contribution in [2.24, 2.45) is 5.73 Å². The van der Waals surface area contributed by atoms with Gasteiger partial charge in [0.25, 0.3) is 0 Å². The van der Waals surface area contributed by atoms with Crippen LogP contribution in [0.5, 0.6) is 0 Å². The number of nitrogens with zero attached hydrogens (tertiary/aromatic N) is 1. The molecule has 5 nitrogen and oxygen atoms in total. The lowest BCUT2D eigenvalue weighted by atomic mass is 9.94. The molecule has 0 aliphatic heterocycles. The van der Waals surface area contributed by atoms with Crippen LogP contribution in [0.15, 0.2) is 0 Å². The van der Waals surface area contributed by atoms with E-state index in [1.165, 1.54) is 0 Å². The first-order chi connectivity index (χ1) is 5.95. The summed E-state index contributed by atoms with van der Waals surface area (Å²) in [4.78, 5) is 12.7. The van der Waals surface area contributed by atoms with Gasteiger partial charge >= 0.3 is 5.97 Å². The van der Waals surface area contributed by atoms with Gasteiger partial charge in [-0.3, -0.25) is 9.69 Å². The van der Waals surface area contributed by atoms with Crippen LogP contribution >= 0.6 is 0 Å². The van der Waals surface area contributed by atoms with Crippen molar-refractivity contribution >= 4 is 5.97 Å². The second kappa shape index (κ2) is 6.75. The summed E-state index contributed by atoms with van der Waals surface area (Å²) in [6.07, 6.45) is 2.39. The fraction of sp³-hybridized carbons (Fsp3) is 0.889. The van der Waals surface area contributed by atoms with Crippen molar-refractivity contribution < 1.29 is 15.4 Å². The highest BCUT2D eigenvalue weighted by Gasteiger charge is 2.34. The first-order valence-corrected chi connectivity index (χ1v) is 4.56. The quantitative estimate of drug-likeness (QED) is 0.583. The molecule has 0 bridgehead atoms. The van der Waals surface area contributed by atoms with Gasteiger partial charge in [-0.2, -0.15) is 0 Å². The molecule has 14 heavy (non-hydrogen) atoms. The molecule has 1 unspecified atom stereocenters. The molecule has 0 fully saturated rings. The monoisotopic (exact) mass is 206 g/mol.